The molecular weight excluding hydrogens is 240 g/mol. The number of aryl methyl sites for hydroxylation is 1. The monoisotopic (exact) mass is 257 g/mol. The molecule has 0 radical (unpaired) electrons. The van der Waals surface area contributed by atoms with Gasteiger partial charge in [-0.3, -0.25) is 0 Å². The van der Waals surface area contributed by atoms with E-state index in [0.29, 0.717) is 6.26 Å². The minimum Gasteiger partial charge on any atom is -0.748 e. The lowest BCUT2D eigenvalue weighted by molar-refractivity contribution is 0.406. The summed E-state index contributed by atoms with van der Waals surface area (Å²) in [4.78, 5) is 0. The first kappa shape index (κ1) is 14.0. The molecule has 0 aromatic heterocycles. The van der Waals surface area contributed by atoms with E-state index in [9.17, 15) is 0 Å². The molecule has 0 spiro atoms. The van der Waals surface area contributed by atoms with E-state index in [1.54, 1.807) is 7.11 Å². The Hall–Kier alpha value is -1.07. The van der Waals surface area contributed by atoms with Gasteiger partial charge in [0.1, 0.15) is 5.75 Å². The van der Waals surface area contributed by atoms with Gasteiger partial charge in [0.2, 0.25) is 0 Å². The fourth-order valence-corrected chi connectivity index (χ4v) is 1.94. The van der Waals surface area contributed by atoms with Gasteiger partial charge in [-0.2, -0.15) is 0 Å². The average molecular weight is 257 g/mol. The Morgan fingerprint density at radius 2 is 1.82 bits per heavy atom. The summed E-state index contributed by atoms with van der Waals surface area (Å²) in [6.45, 7) is 0. The van der Waals surface area contributed by atoms with Gasteiger partial charge in [-0.25, -0.2) is 8.42 Å². The molecule has 0 saturated heterocycles. The highest BCUT2D eigenvalue weighted by atomic mass is 32.2. The van der Waals surface area contributed by atoms with E-state index < -0.39 is 10.1 Å². The Bertz CT molecular complexity index is 443. The predicted molar refractivity (Wildman–Crippen MR) is 65.3 cm³/mol. The van der Waals surface area contributed by atoms with Crippen molar-refractivity contribution in [1.29, 1.82) is 0 Å². The van der Waals surface area contributed by atoms with Gasteiger partial charge in [0.15, 0.2) is 0 Å². The van der Waals surface area contributed by atoms with E-state index in [1.807, 2.05) is 0 Å². The van der Waals surface area contributed by atoms with Crippen LogP contribution in [0.5, 0.6) is 5.75 Å². The third-order valence-electron chi connectivity index (χ3n) is 2.57. The van der Waals surface area contributed by atoms with Crippen LogP contribution in [0.4, 0.5) is 0 Å². The van der Waals surface area contributed by atoms with Gasteiger partial charge in [-0.05, 0) is 42.9 Å². The van der Waals surface area contributed by atoms with Crippen molar-refractivity contribution in [2.45, 2.75) is 25.7 Å². The summed E-state index contributed by atoms with van der Waals surface area (Å²) in [7, 11) is -2.16. The van der Waals surface area contributed by atoms with Crippen molar-refractivity contribution in [3.05, 3.63) is 29.3 Å². The molecule has 1 aromatic rings. The van der Waals surface area contributed by atoms with Gasteiger partial charge in [0.25, 0.3) is 0 Å². The number of benzene rings is 1. The van der Waals surface area contributed by atoms with Gasteiger partial charge in [-0.15, -0.1) is 0 Å². The quantitative estimate of drug-likeness (QED) is 0.719. The molecule has 96 valence electrons. The van der Waals surface area contributed by atoms with Gasteiger partial charge >= 0.3 is 0 Å². The average Bonchev–Trinajstić information content (AvgIpc) is 2.26. The highest BCUT2D eigenvalue weighted by molar-refractivity contribution is 7.84. The maximum atomic E-state index is 9.08. The van der Waals surface area contributed by atoms with Crippen LogP contribution in [-0.4, -0.2) is 26.3 Å². The first-order chi connectivity index (χ1) is 7.92. The maximum absolute atomic E-state index is 9.08. The Balaban J connectivity index is 0.000000249. The lowest BCUT2D eigenvalue weighted by Crippen LogP contribution is -2.04. The zero-order chi connectivity index (χ0) is 12.9. The summed E-state index contributed by atoms with van der Waals surface area (Å²) in [5.74, 6) is 1.08. The zero-order valence-corrected chi connectivity index (χ0v) is 10.9. The molecule has 1 aliphatic rings. The minimum absolute atomic E-state index is 0.604. The van der Waals surface area contributed by atoms with Crippen LogP contribution in [0, 0.1) is 0 Å². The number of fused-ring (bicyclic) bond motifs is 1. The van der Waals surface area contributed by atoms with Crippen molar-refractivity contribution in [1.82, 2.24) is 0 Å². The summed E-state index contributed by atoms with van der Waals surface area (Å²) in [6.07, 6.45) is 5.67. The first-order valence-corrected chi connectivity index (χ1v) is 7.29. The van der Waals surface area contributed by atoms with E-state index in [4.69, 9.17) is 17.7 Å². The fourth-order valence-electron chi connectivity index (χ4n) is 1.94. The third-order valence-corrected chi connectivity index (χ3v) is 2.57. The van der Waals surface area contributed by atoms with Gasteiger partial charge in [0, 0.05) is 6.26 Å². The Morgan fingerprint density at radius 3 is 2.41 bits per heavy atom. The van der Waals surface area contributed by atoms with E-state index >= 15 is 0 Å². The second-order valence-corrected chi connectivity index (χ2v) is 5.42. The number of hydrogen-bond donors (Lipinski definition) is 0. The van der Waals surface area contributed by atoms with Gasteiger partial charge < -0.3 is 9.29 Å². The lowest BCUT2D eigenvalue weighted by atomic mass is 9.91. The second-order valence-electron chi connectivity index (χ2n) is 4.01. The summed E-state index contributed by atoms with van der Waals surface area (Å²) in [5, 5.41) is 0. The molecule has 0 amide bonds. The molecule has 17 heavy (non-hydrogen) atoms. The van der Waals surface area contributed by atoms with Crippen molar-refractivity contribution in [2.24, 2.45) is 0 Å². The summed E-state index contributed by atoms with van der Waals surface area (Å²) >= 11 is 0. The van der Waals surface area contributed by atoms with Crippen LogP contribution in [0.1, 0.15) is 24.0 Å². The maximum Gasteiger partial charge on any atom is 0.122 e. The molecule has 0 saturated carbocycles. The molecule has 5 heteroatoms. The van der Waals surface area contributed by atoms with Crippen molar-refractivity contribution in [2.75, 3.05) is 13.4 Å². The van der Waals surface area contributed by atoms with E-state index in [2.05, 4.69) is 18.2 Å². The number of hydrogen-bond acceptors (Lipinski definition) is 4. The molecule has 0 bridgehead atoms. The third kappa shape index (κ3) is 5.19. The van der Waals surface area contributed by atoms with Crippen LogP contribution in [0.2, 0.25) is 0 Å². The summed E-state index contributed by atoms with van der Waals surface area (Å²) in [6, 6.07) is 6.37. The zero-order valence-electron chi connectivity index (χ0n) is 10.1. The molecule has 0 aliphatic heterocycles. The second kappa shape index (κ2) is 6.02. The van der Waals surface area contributed by atoms with Crippen LogP contribution in [-0.2, 0) is 23.0 Å². The topological polar surface area (TPSA) is 66.4 Å². The SMILES string of the molecule is COc1cccc2c1CCCC2.CS(=O)(=O)[O-]. The number of rotatable bonds is 1. The molecular formula is C12H17O4S-. The Morgan fingerprint density at radius 1 is 1.24 bits per heavy atom. The first-order valence-electron chi connectivity index (χ1n) is 5.47. The van der Waals surface area contributed by atoms with E-state index in [0.717, 1.165) is 5.75 Å². The standard InChI is InChI=1S/C11H14O.CH4O3S/c1-12-11-8-4-6-9-5-2-3-7-10(9)11;1-5(2,3)4/h4,6,8H,2-3,5,7H2,1H3;1H3,(H,2,3,4)/p-1. The molecule has 0 unspecified atom stereocenters. The molecule has 1 aliphatic carbocycles. The number of methoxy groups -OCH3 is 1. The highest BCUT2D eigenvalue weighted by Gasteiger charge is 2.12. The Kier molecular flexibility index (Phi) is 4.96. The highest BCUT2D eigenvalue weighted by Crippen LogP contribution is 2.28. The Labute approximate surface area is 102 Å². The number of ether oxygens (including phenoxy) is 1. The molecule has 0 N–H and O–H groups in total. The van der Waals surface area contributed by atoms with Gasteiger partial charge in [-0.1, -0.05) is 12.1 Å². The van der Waals surface area contributed by atoms with Crippen molar-refractivity contribution < 1.29 is 17.7 Å². The van der Waals surface area contributed by atoms with Crippen LogP contribution < -0.4 is 4.74 Å². The van der Waals surface area contributed by atoms with Crippen molar-refractivity contribution in [3.63, 3.8) is 0 Å². The minimum atomic E-state index is -3.92. The predicted octanol–water partition coefficient (Wildman–Crippen LogP) is 1.74. The van der Waals surface area contributed by atoms with Crippen LogP contribution in [0.3, 0.4) is 0 Å². The smallest absolute Gasteiger partial charge is 0.122 e. The molecule has 0 fully saturated rings. The molecule has 0 heterocycles. The van der Waals surface area contributed by atoms with Crippen LogP contribution in [0.25, 0.3) is 0 Å². The largest absolute Gasteiger partial charge is 0.748 e. The van der Waals surface area contributed by atoms with Gasteiger partial charge in [0.05, 0.1) is 17.2 Å². The van der Waals surface area contributed by atoms with E-state index in [-0.39, 0.29) is 0 Å². The van der Waals surface area contributed by atoms with Crippen LogP contribution in [0.15, 0.2) is 18.2 Å². The summed E-state index contributed by atoms with van der Waals surface area (Å²) < 4.78 is 32.5. The van der Waals surface area contributed by atoms with Crippen molar-refractivity contribution >= 4 is 10.1 Å². The molecule has 2 rings (SSSR count). The normalized spacial score (nSPS) is 14.3. The fraction of sp³-hybridized carbons (Fsp3) is 0.500. The molecule has 0 atom stereocenters. The lowest BCUT2D eigenvalue weighted by Gasteiger charge is -2.17. The summed E-state index contributed by atoms with van der Waals surface area (Å²) in [5.41, 5.74) is 2.92. The van der Waals surface area contributed by atoms with Crippen molar-refractivity contribution in [3.8, 4) is 5.75 Å². The molecule has 1 aromatic carbocycles. The molecule has 4 nitrogen and oxygen atoms in total. The van der Waals surface area contributed by atoms with E-state index in [1.165, 1.54) is 36.8 Å². The van der Waals surface area contributed by atoms with Crippen LogP contribution >= 0.6 is 0 Å².